The minimum absolute atomic E-state index is 0.146. The molecule has 2 bridgehead atoms. The summed E-state index contributed by atoms with van der Waals surface area (Å²) in [5.74, 6) is 1.57. The minimum atomic E-state index is 0.146. The molecular formula is C18H28N2O. The number of hydrogen-bond acceptors (Lipinski definition) is 3. The van der Waals surface area contributed by atoms with Crippen molar-refractivity contribution in [2.24, 2.45) is 16.7 Å². The fourth-order valence-electron chi connectivity index (χ4n) is 4.43. The number of hydrogen-bond donors (Lipinski definition) is 1. The van der Waals surface area contributed by atoms with Crippen LogP contribution in [0.4, 0.5) is 5.69 Å². The van der Waals surface area contributed by atoms with Gasteiger partial charge >= 0.3 is 0 Å². The van der Waals surface area contributed by atoms with Crippen molar-refractivity contribution in [3.63, 3.8) is 0 Å². The smallest absolute Gasteiger partial charge is 0.237 e. The molecule has 2 aliphatic rings. The largest absolute Gasteiger partial charge is 0.473 e. The molecule has 1 aromatic rings. The maximum absolute atomic E-state index is 5.85. The molecule has 0 spiro atoms. The summed E-state index contributed by atoms with van der Waals surface area (Å²) in [6.07, 6.45) is 5.91. The highest BCUT2D eigenvalue weighted by atomic mass is 16.5. The number of nitrogens with one attached hydrogen (secondary N) is 1. The van der Waals surface area contributed by atoms with Crippen LogP contribution < -0.4 is 10.1 Å². The van der Waals surface area contributed by atoms with Gasteiger partial charge in [0.1, 0.15) is 0 Å². The Bertz CT molecular complexity index is 526. The maximum atomic E-state index is 5.85. The summed E-state index contributed by atoms with van der Waals surface area (Å²) in [5, 5.41) is 3.75. The predicted octanol–water partition coefficient (Wildman–Crippen LogP) is 4.50. The van der Waals surface area contributed by atoms with E-state index in [0.717, 1.165) is 17.5 Å². The molecular weight excluding hydrogens is 260 g/mol. The highest BCUT2D eigenvalue weighted by Crippen LogP contribution is 2.66. The van der Waals surface area contributed by atoms with Gasteiger partial charge in [-0.15, -0.1) is 0 Å². The van der Waals surface area contributed by atoms with Crippen LogP contribution in [0.25, 0.3) is 0 Å². The third-order valence-electron chi connectivity index (χ3n) is 6.24. The van der Waals surface area contributed by atoms with Gasteiger partial charge in [-0.1, -0.05) is 20.8 Å². The van der Waals surface area contributed by atoms with E-state index in [1.807, 2.05) is 19.9 Å². The van der Waals surface area contributed by atoms with E-state index >= 15 is 0 Å². The van der Waals surface area contributed by atoms with E-state index in [0.29, 0.717) is 16.9 Å². The maximum Gasteiger partial charge on any atom is 0.237 e. The molecule has 3 heteroatoms. The first-order chi connectivity index (χ1) is 9.84. The first kappa shape index (κ1) is 14.7. The first-order valence-corrected chi connectivity index (χ1v) is 8.23. The average molecular weight is 288 g/mol. The summed E-state index contributed by atoms with van der Waals surface area (Å²) in [6, 6.07) is 4.59. The summed E-state index contributed by atoms with van der Waals surface area (Å²) in [6.45, 7) is 11.4. The fraction of sp³-hybridized carbons (Fsp3) is 0.722. The van der Waals surface area contributed by atoms with Crippen LogP contribution in [-0.2, 0) is 0 Å². The Hall–Kier alpha value is -1.25. The Labute approximate surface area is 128 Å². The Balaban J connectivity index is 1.83. The summed E-state index contributed by atoms with van der Waals surface area (Å²) in [5.41, 5.74) is 1.83. The standard InChI is InChI=1S/C18H28N2O/c1-12(2)21-16-14(7-6-10-19-16)20-15-11-13-8-9-18(15,5)17(13,3)4/h6-7,10,12-13,15,20H,8-9,11H2,1-5H3. The number of anilines is 1. The summed E-state index contributed by atoms with van der Waals surface area (Å²) >= 11 is 0. The van der Waals surface area contributed by atoms with Gasteiger partial charge in [0.25, 0.3) is 0 Å². The second-order valence-corrected chi connectivity index (χ2v) is 7.83. The molecule has 2 fully saturated rings. The SMILES string of the molecule is CC(C)Oc1ncccc1NC1CC2CCC1(C)C2(C)C. The van der Waals surface area contributed by atoms with Crippen LogP contribution in [0.3, 0.4) is 0 Å². The molecule has 2 aliphatic carbocycles. The lowest BCUT2D eigenvalue weighted by Crippen LogP contribution is -2.40. The van der Waals surface area contributed by atoms with Gasteiger partial charge < -0.3 is 10.1 Å². The van der Waals surface area contributed by atoms with Gasteiger partial charge in [-0.3, -0.25) is 0 Å². The van der Waals surface area contributed by atoms with E-state index in [9.17, 15) is 0 Å². The monoisotopic (exact) mass is 288 g/mol. The van der Waals surface area contributed by atoms with Crippen LogP contribution in [0.15, 0.2) is 18.3 Å². The van der Waals surface area contributed by atoms with E-state index in [-0.39, 0.29) is 6.10 Å². The molecule has 3 nitrogen and oxygen atoms in total. The molecule has 0 radical (unpaired) electrons. The lowest BCUT2D eigenvalue weighted by atomic mass is 9.69. The predicted molar refractivity (Wildman–Crippen MR) is 86.6 cm³/mol. The van der Waals surface area contributed by atoms with Crippen molar-refractivity contribution in [2.75, 3.05) is 5.32 Å². The van der Waals surface area contributed by atoms with Crippen molar-refractivity contribution in [1.82, 2.24) is 4.98 Å². The van der Waals surface area contributed by atoms with Gasteiger partial charge in [0.15, 0.2) is 0 Å². The normalized spacial score (nSPS) is 33.4. The fourth-order valence-corrected chi connectivity index (χ4v) is 4.43. The van der Waals surface area contributed by atoms with Gasteiger partial charge in [-0.25, -0.2) is 4.98 Å². The van der Waals surface area contributed by atoms with Crippen LogP contribution in [0, 0.1) is 16.7 Å². The molecule has 1 N–H and O–H groups in total. The quantitative estimate of drug-likeness (QED) is 0.886. The number of aromatic nitrogens is 1. The first-order valence-electron chi connectivity index (χ1n) is 8.23. The van der Waals surface area contributed by atoms with E-state index in [1.54, 1.807) is 6.20 Å². The van der Waals surface area contributed by atoms with Crippen LogP contribution in [0.2, 0.25) is 0 Å². The zero-order chi connectivity index (χ0) is 15.3. The molecule has 116 valence electrons. The Morgan fingerprint density at radius 3 is 2.67 bits per heavy atom. The molecule has 3 rings (SSSR count). The Kier molecular flexibility index (Phi) is 3.42. The molecule has 3 unspecified atom stereocenters. The van der Waals surface area contributed by atoms with Crippen molar-refractivity contribution in [1.29, 1.82) is 0 Å². The van der Waals surface area contributed by atoms with Gasteiger partial charge in [-0.2, -0.15) is 0 Å². The molecule has 1 aromatic heterocycles. The molecule has 0 aromatic carbocycles. The lowest BCUT2D eigenvalue weighted by Gasteiger charge is -2.40. The highest BCUT2D eigenvalue weighted by molar-refractivity contribution is 5.53. The van der Waals surface area contributed by atoms with Crippen molar-refractivity contribution in [3.8, 4) is 5.88 Å². The van der Waals surface area contributed by atoms with E-state index < -0.39 is 0 Å². The zero-order valence-electron chi connectivity index (χ0n) is 13.9. The van der Waals surface area contributed by atoms with Crippen LogP contribution in [0.1, 0.15) is 53.9 Å². The second kappa shape index (κ2) is 4.89. The summed E-state index contributed by atoms with van der Waals surface area (Å²) < 4.78 is 5.85. The number of nitrogens with zero attached hydrogens (tertiary/aromatic N) is 1. The molecule has 0 aliphatic heterocycles. The van der Waals surface area contributed by atoms with Gasteiger partial charge in [-0.05, 0) is 62.0 Å². The Morgan fingerprint density at radius 2 is 2.10 bits per heavy atom. The van der Waals surface area contributed by atoms with Crippen molar-refractivity contribution >= 4 is 5.69 Å². The number of ether oxygens (including phenoxy) is 1. The molecule has 2 saturated carbocycles. The van der Waals surface area contributed by atoms with Crippen molar-refractivity contribution in [2.45, 2.75) is 66.0 Å². The number of fused-ring (bicyclic) bond motifs is 2. The molecule has 1 heterocycles. The van der Waals surface area contributed by atoms with E-state index in [2.05, 4.69) is 37.1 Å². The lowest BCUT2D eigenvalue weighted by molar-refractivity contribution is 0.142. The molecule has 3 atom stereocenters. The topological polar surface area (TPSA) is 34.1 Å². The second-order valence-electron chi connectivity index (χ2n) is 7.83. The molecule has 0 amide bonds. The summed E-state index contributed by atoms with van der Waals surface area (Å²) in [4.78, 5) is 4.40. The highest BCUT2D eigenvalue weighted by Gasteiger charge is 2.61. The van der Waals surface area contributed by atoms with Crippen LogP contribution >= 0.6 is 0 Å². The Morgan fingerprint density at radius 1 is 1.33 bits per heavy atom. The third-order valence-corrected chi connectivity index (χ3v) is 6.24. The van der Waals surface area contributed by atoms with Gasteiger partial charge in [0.2, 0.25) is 5.88 Å². The van der Waals surface area contributed by atoms with Gasteiger partial charge in [0, 0.05) is 12.2 Å². The van der Waals surface area contributed by atoms with E-state index in [1.165, 1.54) is 19.3 Å². The average Bonchev–Trinajstić information content (AvgIpc) is 2.73. The van der Waals surface area contributed by atoms with Crippen molar-refractivity contribution in [3.05, 3.63) is 18.3 Å². The van der Waals surface area contributed by atoms with Crippen LogP contribution in [0.5, 0.6) is 5.88 Å². The minimum Gasteiger partial charge on any atom is -0.473 e. The number of rotatable bonds is 4. The van der Waals surface area contributed by atoms with Crippen LogP contribution in [-0.4, -0.2) is 17.1 Å². The number of pyridine rings is 1. The summed E-state index contributed by atoms with van der Waals surface area (Å²) in [7, 11) is 0. The van der Waals surface area contributed by atoms with Crippen molar-refractivity contribution < 1.29 is 4.74 Å². The van der Waals surface area contributed by atoms with Gasteiger partial charge in [0.05, 0.1) is 11.8 Å². The van der Waals surface area contributed by atoms with E-state index in [4.69, 9.17) is 4.74 Å². The zero-order valence-corrected chi connectivity index (χ0v) is 13.9. The molecule has 0 saturated heterocycles. The third kappa shape index (κ3) is 2.21. The molecule has 21 heavy (non-hydrogen) atoms.